The van der Waals surface area contributed by atoms with Crippen LogP contribution in [0.2, 0.25) is 10.0 Å². The van der Waals surface area contributed by atoms with Crippen molar-refractivity contribution in [1.29, 1.82) is 0 Å². The molecule has 1 aromatic heterocycles. The van der Waals surface area contributed by atoms with E-state index in [1.54, 1.807) is 16.8 Å². The molecule has 32 heavy (non-hydrogen) atoms. The average Bonchev–Trinajstić information content (AvgIpc) is 3.05. The molecule has 1 amide bonds. The summed E-state index contributed by atoms with van der Waals surface area (Å²) in [4.78, 5) is 15.2. The first-order valence-electron chi connectivity index (χ1n) is 10.6. The predicted molar refractivity (Wildman–Crippen MR) is 128 cm³/mol. The number of nitrogens with one attached hydrogen (secondary N) is 1. The van der Waals surface area contributed by atoms with Crippen LogP contribution in [0.1, 0.15) is 22.5 Å². The van der Waals surface area contributed by atoms with Gasteiger partial charge in [-0.25, -0.2) is 4.68 Å². The first kappa shape index (κ1) is 22.8. The number of hydrogen-bond donors (Lipinski definition) is 1. The highest BCUT2D eigenvalue weighted by atomic mass is 35.5. The molecule has 2 aromatic carbocycles. The minimum atomic E-state index is -0.0755. The maximum Gasteiger partial charge on any atom is 0.228 e. The van der Waals surface area contributed by atoms with E-state index >= 15 is 0 Å². The molecule has 0 aliphatic carbocycles. The van der Waals surface area contributed by atoms with Crippen LogP contribution in [-0.2, 0) is 22.5 Å². The number of carbonyl (C=O) groups is 1. The van der Waals surface area contributed by atoms with Crippen LogP contribution in [0.5, 0.6) is 0 Å². The lowest BCUT2D eigenvalue weighted by molar-refractivity contribution is -0.115. The largest absolute Gasteiger partial charge is 0.379 e. The molecule has 3 aromatic rings. The molecule has 0 bridgehead atoms. The lowest BCUT2D eigenvalue weighted by atomic mass is 10.1. The van der Waals surface area contributed by atoms with E-state index in [1.807, 2.05) is 38.1 Å². The number of hydrogen-bond acceptors (Lipinski definition) is 4. The molecule has 0 spiro atoms. The average molecular weight is 473 g/mol. The highest BCUT2D eigenvalue weighted by Gasteiger charge is 2.17. The number of carbonyl (C=O) groups excluding carboxylic acids is 1. The van der Waals surface area contributed by atoms with Gasteiger partial charge in [0.05, 0.1) is 41.1 Å². The van der Waals surface area contributed by atoms with Crippen molar-refractivity contribution in [2.75, 3.05) is 31.6 Å². The van der Waals surface area contributed by atoms with E-state index in [-0.39, 0.29) is 12.3 Å². The highest BCUT2D eigenvalue weighted by Crippen LogP contribution is 2.26. The molecule has 0 atom stereocenters. The summed E-state index contributed by atoms with van der Waals surface area (Å²) in [5, 5.41) is 8.60. The third-order valence-corrected chi connectivity index (χ3v) is 6.39. The predicted octanol–water partition coefficient (Wildman–Crippen LogP) is 4.81. The number of morpholine rings is 1. The Hall–Kier alpha value is -2.38. The van der Waals surface area contributed by atoms with Gasteiger partial charge in [0.25, 0.3) is 0 Å². The number of benzene rings is 2. The van der Waals surface area contributed by atoms with E-state index in [4.69, 9.17) is 27.9 Å². The van der Waals surface area contributed by atoms with Crippen LogP contribution in [0, 0.1) is 13.8 Å². The number of aryl methyl sites for hydroxylation is 1. The molecule has 0 radical (unpaired) electrons. The zero-order valence-corrected chi connectivity index (χ0v) is 19.7. The molecule has 4 rings (SSSR count). The van der Waals surface area contributed by atoms with E-state index in [9.17, 15) is 4.79 Å². The van der Waals surface area contributed by atoms with E-state index < -0.39 is 0 Å². The molecule has 1 aliphatic heterocycles. The van der Waals surface area contributed by atoms with Crippen LogP contribution < -0.4 is 5.32 Å². The third kappa shape index (κ3) is 5.33. The summed E-state index contributed by atoms with van der Waals surface area (Å²) >= 11 is 12.2. The lowest BCUT2D eigenvalue weighted by Gasteiger charge is -2.26. The van der Waals surface area contributed by atoms with Crippen molar-refractivity contribution in [3.8, 4) is 5.69 Å². The molecule has 2 heterocycles. The number of aromatic nitrogens is 2. The maximum atomic E-state index is 12.8. The standard InChI is InChI=1S/C24H26Cl2N4O2/c1-16-21(17(2)30(28-16)20-6-7-22(25)23(26)13-20)14-24(31)27-19-5-3-4-18(12-19)15-29-8-10-32-11-9-29/h3-7,12-13H,8-11,14-15H2,1-2H3,(H,27,31). The van der Waals surface area contributed by atoms with Gasteiger partial charge < -0.3 is 10.1 Å². The monoisotopic (exact) mass is 472 g/mol. The van der Waals surface area contributed by atoms with Gasteiger partial charge in [-0.2, -0.15) is 5.10 Å². The Morgan fingerprint density at radius 2 is 1.88 bits per heavy atom. The molecule has 0 saturated carbocycles. The molecule has 6 nitrogen and oxygen atoms in total. The summed E-state index contributed by atoms with van der Waals surface area (Å²) in [5.74, 6) is -0.0755. The van der Waals surface area contributed by atoms with Crippen molar-refractivity contribution >= 4 is 34.8 Å². The van der Waals surface area contributed by atoms with Crippen LogP contribution in [0.3, 0.4) is 0 Å². The van der Waals surface area contributed by atoms with Gasteiger partial charge in [0.2, 0.25) is 5.91 Å². The quantitative estimate of drug-likeness (QED) is 0.559. The number of ether oxygens (including phenoxy) is 1. The van der Waals surface area contributed by atoms with Crippen molar-refractivity contribution in [3.63, 3.8) is 0 Å². The molecule has 1 N–H and O–H groups in total. The van der Waals surface area contributed by atoms with Gasteiger partial charge in [0, 0.05) is 36.6 Å². The SMILES string of the molecule is Cc1nn(-c2ccc(Cl)c(Cl)c2)c(C)c1CC(=O)Nc1cccc(CN2CCOCC2)c1. The first-order chi connectivity index (χ1) is 15.4. The van der Waals surface area contributed by atoms with E-state index in [1.165, 1.54) is 5.56 Å². The number of amides is 1. The van der Waals surface area contributed by atoms with Crippen LogP contribution in [-0.4, -0.2) is 46.9 Å². The lowest BCUT2D eigenvalue weighted by Crippen LogP contribution is -2.35. The summed E-state index contributed by atoms with van der Waals surface area (Å²) in [6, 6.07) is 13.4. The van der Waals surface area contributed by atoms with Crippen molar-refractivity contribution in [2.45, 2.75) is 26.8 Å². The molecule has 168 valence electrons. The Morgan fingerprint density at radius 3 is 2.62 bits per heavy atom. The zero-order chi connectivity index (χ0) is 22.7. The van der Waals surface area contributed by atoms with Gasteiger partial charge in [-0.05, 0) is 49.7 Å². The van der Waals surface area contributed by atoms with Crippen LogP contribution in [0.4, 0.5) is 5.69 Å². The fourth-order valence-corrected chi connectivity index (χ4v) is 4.22. The van der Waals surface area contributed by atoms with Crippen molar-refractivity contribution < 1.29 is 9.53 Å². The molecular weight excluding hydrogens is 447 g/mol. The second kappa shape index (κ2) is 10.0. The molecular formula is C24H26Cl2N4O2. The Kier molecular flexibility index (Phi) is 7.16. The Morgan fingerprint density at radius 1 is 1.09 bits per heavy atom. The van der Waals surface area contributed by atoms with Gasteiger partial charge in [0.1, 0.15) is 0 Å². The topological polar surface area (TPSA) is 59.4 Å². The van der Waals surface area contributed by atoms with Crippen LogP contribution in [0.15, 0.2) is 42.5 Å². The first-order valence-corrected chi connectivity index (χ1v) is 11.4. The zero-order valence-electron chi connectivity index (χ0n) is 18.2. The van der Waals surface area contributed by atoms with Crippen molar-refractivity contribution in [2.24, 2.45) is 0 Å². The summed E-state index contributed by atoms with van der Waals surface area (Å²) in [5.41, 5.74) is 5.39. The Bertz CT molecular complexity index is 1120. The Labute approximate surface area is 198 Å². The molecule has 0 unspecified atom stereocenters. The summed E-state index contributed by atoms with van der Waals surface area (Å²) in [6.45, 7) is 8.11. The van der Waals surface area contributed by atoms with Gasteiger partial charge in [-0.15, -0.1) is 0 Å². The van der Waals surface area contributed by atoms with E-state index in [0.717, 1.165) is 61.2 Å². The smallest absolute Gasteiger partial charge is 0.228 e. The summed E-state index contributed by atoms with van der Waals surface area (Å²) < 4.78 is 7.21. The van der Waals surface area contributed by atoms with E-state index in [0.29, 0.717) is 10.0 Å². The van der Waals surface area contributed by atoms with Crippen molar-refractivity contribution in [1.82, 2.24) is 14.7 Å². The molecule has 8 heteroatoms. The highest BCUT2D eigenvalue weighted by molar-refractivity contribution is 6.42. The fraction of sp³-hybridized carbons (Fsp3) is 0.333. The fourth-order valence-electron chi connectivity index (χ4n) is 3.93. The number of anilines is 1. The van der Waals surface area contributed by atoms with Crippen LogP contribution >= 0.6 is 23.2 Å². The second-order valence-corrected chi connectivity index (χ2v) is 8.79. The number of rotatable bonds is 6. The van der Waals surface area contributed by atoms with Gasteiger partial charge in [-0.3, -0.25) is 9.69 Å². The Balaban J connectivity index is 1.45. The molecule has 1 aliphatic rings. The third-order valence-electron chi connectivity index (χ3n) is 5.65. The van der Waals surface area contributed by atoms with Gasteiger partial charge >= 0.3 is 0 Å². The maximum absolute atomic E-state index is 12.8. The minimum absolute atomic E-state index is 0.0755. The second-order valence-electron chi connectivity index (χ2n) is 7.97. The van der Waals surface area contributed by atoms with Crippen LogP contribution in [0.25, 0.3) is 5.69 Å². The van der Waals surface area contributed by atoms with Gasteiger partial charge in [0.15, 0.2) is 0 Å². The normalized spacial score (nSPS) is 14.5. The number of nitrogens with zero attached hydrogens (tertiary/aromatic N) is 3. The summed E-state index contributed by atoms with van der Waals surface area (Å²) in [7, 11) is 0. The number of halogens is 2. The van der Waals surface area contributed by atoms with Crippen molar-refractivity contribution in [3.05, 3.63) is 75.0 Å². The van der Waals surface area contributed by atoms with E-state index in [2.05, 4.69) is 21.4 Å². The minimum Gasteiger partial charge on any atom is -0.379 e. The molecule has 1 saturated heterocycles. The van der Waals surface area contributed by atoms with Gasteiger partial charge in [-0.1, -0.05) is 35.3 Å². The summed E-state index contributed by atoms with van der Waals surface area (Å²) in [6.07, 6.45) is 0.243. The molecule has 1 fully saturated rings.